The van der Waals surface area contributed by atoms with Crippen LogP contribution in [0.15, 0.2) is 18.2 Å². The van der Waals surface area contributed by atoms with Crippen LogP contribution in [0.4, 0.5) is 0 Å². The second-order valence-electron chi connectivity index (χ2n) is 5.19. The average Bonchev–Trinajstić information content (AvgIpc) is 2.49. The maximum Gasteiger partial charge on any atom is 0.122 e. The van der Waals surface area contributed by atoms with Crippen LogP contribution < -0.4 is 9.47 Å². The van der Waals surface area contributed by atoms with Gasteiger partial charge in [-0.25, -0.2) is 0 Å². The van der Waals surface area contributed by atoms with Crippen molar-refractivity contribution in [2.24, 2.45) is 0 Å². The second kappa shape index (κ2) is 9.65. The van der Waals surface area contributed by atoms with Crippen LogP contribution >= 0.6 is 0 Å². The smallest absolute Gasteiger partial charge is 0.122 e. The lowest BCUT2D eigenvalue weighted by molar-refractivity contribution is 0.0457. The number of methoxy groups -OCH3 is 2. The molecule has 0 fully saturated rings. The molecule has 3 nitrogen and oxygen atoms in total. The minimum atomic E-state index is 0.295. The van der Waals surface area contributed by atoms with E-state index in [4.69, 9.17) is 14.2 Å². The van der Waals surface area contributed by atoms with E-state index in [-0.39, 0.29) is 0 Å². The predicted octanol–water partition coefficient (Wildman–Crippen LogP) is 4.58. The molecule has 0 aliphatic carbocycles. The van der Waals surface area contributed by atoms with Gasteiger partial charge in [0.25, 0.3) is 0 Å². The van der Waals surface area contributed by atoms with Crippen LogP contribution in [-0.4, -0.2) is 20.3 Å². The number of ether oxygens (including phenoxy) is 3. The summed E-state index contributed by atoms with van der Waals surface area (Å²) in [6.07, 6.45) is 6.57. The second-order valence-corrected chi connectivity index (χ2v) is 5.19. The molecule has 0 amide bonds. The van der Waals surface area contributed by atoms with Crippen molar-refractivity contribution in [1.29, 1.82) is 0 Å². The lowest BCUT2D eigenvalue weighted by atomic mass is 10.1. The molecular weight excluding hydrogens is 252 g/mol. The molecule has 0 saturated carbocycles. The molecule has 0 aliphatic heterocycles. The van der Waals surface area contributed by atoms with E-state index in [2.05, 4.69) is 13.8 Å². The Hall–Kier alpha value is -1.22. The summed E-state index contributed by atoms with van der Waals surface area (Å²) in [4.78, 5) is 0. The van der Waals surface area contributed by atoms with E-state index in [9.17, 15) is 0 Å². The maximum absolute atomic E-state index is 5.90. The summed E-state index contributed by atoms with van der Waals surface area (Å²) in [6, 6.07) is 5.86. The zero-order valence-electron chi connectivity index (χ0n) is 13.3. The first-order valence-electron chi connectivity index (χ1n) is 7.53. The van der Waals surface area contributed by atoms with Crippen LogP contribution in [0.3, 0.4) is 0 Å². The third kappa shape index (κ3) is 6.29. The molecule has 0 heterocycles. The normalized spacial score (nSPS) is 12.2. The molecule has 20 heavy (non-hydrogen) atoms. The van der Waals surface area contributed by atoms with E-state index in [1.165, 1.54) is 25.7 Å². The lowest BCUT2D eigenvalue weighted by Crippen LogP contribution is -2.08. The van der Waals surface area contributed by atoms with Crippen molar-refractivity contribution in [1.82, 2.24) is 0 Å². The van der Waals surface area contributed by atoms with Crippen molar-refractivity contribution in [3.05, 3.63) is 23.8 Å². The predicted molar refractivity (Wildman–Crippen MR) is 82.6 cm³/mol. The fraction of sp³-hybridized carbons (Fsp3) is 0.647. The topological polar surface area (TPSA) is 27.7 Å². The zero-order valence-corrected chi connectivity index (χ0v) is 13.3. The molecule has 0 aromatic heterocycles. The van der Waals surface area contributed by atoms with Gasteiger partial charge in [-0.1, -0.05) is 32.6 Å². The molecule has 1 rings (SSSR count). The lowest BCUT2D eigenvalue weighted by Gasteiger charge is -2.14. The third-order valence-corrected chi connectivity index (χ3v) is 3.41. The van der Waals surface area contributed by atoms with E-state index >= 15 is 0 Å². The molecule has 0 saturated heterocycles. The first-order chi connectivity index (χ1) is 9.69. The summed E-state index contributed by atoms with van der Waals surface area (Å²) >= 11 is 0. The molecule has 0 radical (unpaired) electrons. The van der Waals surface area contributed by atoms with Crippen LogP contribution in [-0.2, 0) is 11.3 Å². The zero-order chi connectivity index (χ0) is 14.8. The summed E-state index contributed by atoms with van der Waals surface area (Å²) in [5, 5.41) is 0. The van der Waals surface area contributed by atoms with E-state index in [0.29, 0.717) is 12.7 Å². The Bertz CT molecular complexity index is 354. The van der Waals surface area contributed by atoms with Crippen molar-refractivity contribution < 1.29 is 14.2 Å². The standard InChI is InChI=1S/C17H28O3/c1-5-6-7-8-9-14(2)20-13-15-10-16(18-3)12-17(11-15)19-4/h10-12,14H,5-9,13H2,1-4H3. The van der Waals surface area contributed by atoms with Crippen LogP contribution in [0.5, 0.6) is 11.5 Å². The SMILES string of the molecule is CCCCCCC(C)OCc1cc(OC)cc(OC)c1. The minimum absolute atomic E-state index is 0.295. The van der Waals surface area contributed by atoms with E-state index in [0.717, 1.165) is 23.5 Å². The highest BCUT2D eigenvalue weighted by Crippen LogP contribution is 2.23. The largest absolute Gasteiger partial charge is 0.497 e. The quantitative estimate of drug-likeness (QED) is 0.587. The number of hydrogen-bond acceptors (Lipinski definition) is 3. The summed E-state index contributed by atoms with van der Waals surface area (Å²) in [7, 11) is 3.32. The van der Waals surface area contributed by atoms with Crippen molar-refractivity contribution in [2.75, 3.05) is 14.2 Å². The minimum Gasteiger partial charge on any atom is -0.497 e. The number of benzene rings is 1. The highest BCUT2D eigenvalue weighted by atomic mass is 16.5. The van der Waals surface area contributed by atoms with E-state index in [1.54, 1.807) is 14.2 Å². The molecule has 1 unspecified atom stereocenters. The van der Waals surface area contributed by atoms with Crippen molar-refractivity contribution >= 4 is 0 Å². The van der Waals surface area contributed by atoms with Gasteiger partial charge in [-0.2, -0.15) is 0 Å². The Labute approximate surface area is 123 Å². The number of rotatable bonds is 10. The van der Waals surface area contributed by atoms with Crippen LogP contribution in [0.2, 0.25) is 0 Å². The van der Waals surface area contributed by atoms with Gasteiger partial charge in [-0.3, -0.25) is 0 Å². The molecule has 0 N–H and O–H groups in total. The Morgan fingerprint density at radius 3 is 2.15 bits per heavy atom. The van der Waals surface area contributed by atoms with Crippen LogP contribution in [0.1, 0.15) is 51.5 Å². The fourth-order valence-electron chi connectivity index (χ4n) is 2.13. The first kappa shape index (κ1) is 16.8. The summed E-state index contributed by atoms with van der Waals surface area (Å²) in [6.45, 7) is 4.97. The van der Waals surface area contributed by atoms with Gasteiger partial charge >= 0.3 is 0 Å². The van der Waals surface area contributed by atoms with Crippen LogP contribution in [0.25, 0.3) is 0 Å². The molecule has 0 aliphatic rings. The highest BCUT2D eigenvalue weighted by molar-refractivity contribution is 5.38. The molecule has 1 aromatic carbocycles. The Morgan fingerprint density at radius 1 is 0.950 bits per heavy atom. The molecule has 0 bridgehead atoms. The van der Waals surface area contributed by atoms with Crippen molar-refractivity contribution in [3.8, 4) is 11.5 Å². The average molecular weight is 280 g/mol. The molecule has 1 aromatic rings. The van der Waals surface area contributed by atoms with Gasteiger partial charge in [-0.15, -0.1) is 0 Å². The number of hydrogen-bond donors (Lipinski definition) is 0. The van der Waals surface area contributed by atoms with Gasteiger partial charge in [0.1, 0.15) is 11.5 Å². The molecular formula is C17H28O3. The van der Waals surface area contributed by atoms with Gasteiger partial charge < -0.3 is 14.2 Å². The Morgan fingerprint density at radius 2 is 1.60 bits per heavy atom. The molecule has 1 atom stereocenters. The summed E-state index contributed by atoms with van der Waals surface area (Å²) in [5.74, 6) is 1.61. The first-order valence-corrected chi connectivity index (χ1v) is 7.53. The van der Waals surface area contributed by atoms with Gasteiger partial charge in [0, 0.05) is 6.07 Å². The van der Waals surface area contributed by atoms with Gasteiger partial charge in [-0.05, 0) is 31.0 Å². The van der Waals surface area contributed by atoms with Crippen molar-refractivity contribution in [2.45, 2.75) is 58.7 Å². The monoisotopic (exact) mass is 280 g/mol. The third-order valence-electron chi connectivity index (χ3n) is 3.41. The molecule has 3 heteroatoms. The van der Waals surface area contributed by atoms with Gasteiger partial charge in [0.05, 0.1) is 26.9 Å². The summed E-state index contributed by atoms with van der Waals surface area (Å²) < 4.78 is 16.4. The Balaban J connectivity index is 2.40. The van der Waals surface area contributed by atoms with Gasteiger partial charge in [0.15, 0.2) is 0 Å². The van der Waals surface area contributed by atoms with Crippen LogP contribution in [0, 0.1) is 0 Å². The highest BCUT2D eigenvalue weighted by Gasteiger charge is 2.06. The Kier molecular flexibility index (Phi) is 8.12. The number of unbranched alkanes of at least 4 members (excludes halogenated alkanes) is 3. The maximum atomic E-state index is 5.90. The van der Waals surface area contributed by atoms with E-state index < -0.39 is 0 Å². The van der Waals surface area contributed by atoms with Gasteiger partial charge in [0.2, 0.25) is 0 Å². The van der Waals surface area contributed by atoms with Crippen molar-refractivity contribution in [3.63, 3.8) is 0 Å². The van der Waals surface area contributed by atoms with E-state index in [1.807, 2.05) is 18.2 Å². The molecule has 114 valence electrons. The molecule has 0 spiro atoms. The summed E-state index contributed by atoms with van der Waals surface area (Å²) in [5.41, 5.74) is 1.08. The fourth-order valence-corrected chi connectivity index (χ4v) is 2.13.